The van der Waals surface area contributed by atoms with Gasteiger partial charge in [-0.2, -0.15) is 11.8 Å². The lowest BCUT2D eigenvalue weighted by Gasteiger charge is -2.33. The van der Waals surface area contributed by atoms with Crippen LogP contribution in [0, 0.1) is 5.92 Å². The highest BCUT2D eigenvalue weighted by molar-refractivity contribution is 7.98. The minimum Gasteiger partial charge on any atom is -0.374 e. The maximum Gasteiger partial charge on any atom is 0.191 e. The zero-order valence-electron chi connectivity index (χ0n) is 17.9. The van der Waals surface area contributed by atoms with Crippen LogP contribution in [0.5, 0.6) is 0 Å². The van der Waals surface area contributed by atoms with E-state index in [1.807, 2.05) is 11.8 Å². The zero-order valence-corrected chi connectivity index (χ0v) is 18.7. The molecular weight excluding hydrogens is 374 g/mol. The highest BCUT2D eigenvalue weighted by Crippen LogP contribution is 2.08. The van der Waals surface area contributed by atoms with Gasteiger partial charge >= 0.3 is 0 Å². The van der Waals surface area contributed by atoms with Gasteiger partial charge in [-0.1, -0.05) is 20.8 Å². The van der Waals surface area contributed by atoms with Gasteiger partial charge in [-0.05, 0) is 12.2 Å². The minimum atomic E-state index is 0.163. The standard InChI is InChI=1S/C19H37N7OS/c1-5-18-24-23-15-26(18)8-6-20-19(21-7-11-28-4)22-12-17-14-25(9-10-27-17)13-16(2)3/h15-17H,5-14H2,1-4H3,(H2,20,21,22). The van der Waals surface area contributed by atoms with Gasteiger partial charge in [0.15, 0.2) is 5.96 Å². The molecule has 1 aromatic rings. The number of hydrogen-bond donors (Lipinski definition) is 2. The average molecular weight is 412 g/mol. The molecule has 1 aromatic heterocycles. The van der Waals surface area contributed by atoms with Gasteiger partial charge in [0.05, 0.1) is 19.3 Å². The first-order chi connectivity index (χ1) is 13.6. The SMILES string of the molecule is CCc1nncn1CCNC(=NCC1CN(CC(C)C)CCO1)NCCSC. The summed E-state index contributed by atoms with van der Waals surface area (Å²) in [6, 6.07) is 0. The van der Waals surface area contributed by atoms with E-state index in [2.05, 4.69) is 57.3 Å². The predicted octanol–water partition coefficient (Wildman–Crippen LogP) is 1.10. The van der Waals surface area contributed by atoms with Gasteiger partial charge in [0, 0.05) is 51.4 Å². The first-order valence-electron chi connectivity index (χ1n) is 10.3. The molecule has 0 aromatic carbocycles. The largest absolute Gasteiger partial charge is 0.374 e. The van der Waals surface area contributed by atoms with Crippen molar-refractivity contribution in [3.8, 4) is 0 Å². The number of nitrogens with one attached hydrogen (secondary N) is 2. The summed E-state index contributed by atoms with van der Waals surface area (Å²) in [5, 5.41) is 15.0. The Balaban J connectivity index is 1.84. The van der Waals surface area contributed by atoms with Crippen molar-refractivity contribution in [3.05, 3.63) is 12.2 Å². The van der Waals surface area contributed by atoms with Gasteiger partial charge in [-0.15, -0.1) is 10.2 Å². The molecule has 0 aliphatic carbocycles. The summed E-state index contributed by atoms with van der Waals surface area (Å²) in [4.78, 5) is 7.27. The molecule has 0 spiro atoms. The number of aliphatic imine (C=N–C) groups is 1. The topological polar surface area (TPSA) is 79.6 Å². The van der Waals surface area contributed by atoms with Crippen LogP contribution in [0.2, 0.25) is 0 Å². The fourth-order valence-electron chi connectivity index (χ4n) is 3.25. The van der Waals surface area contributed by atoms with Crippen LogP contribution in [-0.4, -0.2) is 89.6 Å². The molecule has 9 heteroatoms. The van der Waals surface area contributed by atoms with E-state index in [1.54, 1.807) is 6.33 Å². The molecule has 2 N–H and O–H groups in total. The number of aryl methyl sites for hydroxylation is 1. The first kappa shape index (κ1) is 23.0. The summed E-state index contributed by atoms with van der Waals surface area (Å²) < 4.78 is 8.01. The first-order valence-corrected chi connectivity index (χ1v) is 11.7. The molecule has 2 heterocycles. The molecule has 1 aliphatic heterocycles. The fourth-order valence-corrected chi connectivity index (χ4v) is 3.55. The molecule has 1 atom stereocenters. The van der Waals surface area contributed by atoms with Crippen LogP contribution in [0.3, 0.4) is 0 Å². The molecule has 8 nitrogen and oxygen atoms in total. The van der Waals surface area contributed by atoms with Crippen molar-refractivity contribution in [3.63, 3.8) is 0 Å². The summed E-state index contributed by atoms with van der Waals surface area (Å²) in [5.74, 6) is 3.59. The van der Waals surface area contributed by atoms with Gasteiger partial charge in [-0.3, -0.25) is 9.89 Å². The highest BCUT2D eigenvalue weighted by atomic mass is 32.2. The highest BCUT2D eigenvalue weighted by Gasteiger charge is 2.20. The van der Waals surface area contributed by atoms with Gasteiger partial charge < -0.3 is 19.9 Å². The van der Waals surface area contributed by atoms with Gasteiger partial charge in [0.2, 0.25) is 0 Å². The van der Waals surface area contributed by atoms with E-state index in [9.17, 15) is 0 Å². The van der Waals surface area contributed by atoms with E-state index in [4.69, 9.17) is 9.73 Å². The van der Waals surface area contributed by atoms with Crippen LogP contribution in [0.1, 0.15) is 26.6 Å². The molecule has 1 unspecified atom stereocenters. The minimum absolute atomic E-state index is 0.163. The molecule has 1 saturated heterocycles. The number of aromatic nitrogens is 3. The molecule has 1 fully saturated rings. The number of rotatable bonds is 11. The molecule has 28 heavy (non-hydrogen) atoms. The Labute approximate surface area is 173 Å². The quantitative estimate of drug-likeness (QED) is 0.321. The van der Waals surface area contributed by atoms with E-state index in [0.717, 1.165) is 69.8 Å². The average Bonchev–Trinajstić information content (AvgIpc) is 3.13. The summed E-state index contributed by atoms with van der Waals surface area (Å²) in [6.45, 7) is 13.7. The molecule has 2 rings (SSSR count). The second-order valence-electron chi connectivity index (χ2n) is 7.48. The fraction of sp³-hybridized carbons (Fsp3) is 0.842. The number of hydrogen-bond acceptors (Lipinski definition) is 6. The Morgan fingerprint density at radius 2 is 2.21 bits per heavy atom. The third-order valence-electron chi connectivity index (χ3n) is 4.56. The van der Waals surface area contributed by atoms with Crippen LogP contribution in [0.15, 0.2) is 11.3 Å². The monoisotopic (exact) mass is 411 g/mol. The van der Waals surface area contributed by atoms with Crippen molar-refractivity contribution in [2.45, 2.75) is 39.8 Å². The summed E-state index contributed by atoms with van der Waals surface area (Å²) in [6.07, 6.45) is 4.95. The lowest BCUT2D eigenvalue weighted by molar-refractivity contribution is -0.0261. The molecule has 0 radical (unpaired) electrons. The van der Waals surface area contributed by atoms with E-state index in [-0.39, 0.29) is 6.10 Å². The number of morpholine rings is 1. The second kappa shape index (κ2) is 13.0. The zero-order chi connectivity index (χ0) is 20.2. The molecule has 1 aliphatic rings. The Bertz CT molecular complexity index is 578. The Hall–Kier alpha value is -1.32. The number of thioether (sulfide) groups is 1. The van der Waals surface area contributed by atoms with Crippen molar-refractivity contribution in [2.75, 3.05) is 57.9 Å². The number of guanidine groups is 1. The summed E-state index contributed by atoms with van der Waals surface area (Å²) in [5.41, 5.74) is 0. The van der Waals surface area contributed by atoms with Crippen molar-refractivity contribution in [1.82, 2.24) is 30.3 Å². The van der Waals surface area contributed by atoms with Crippen LogP contribution >= 0.6 is 11.8 Å². The molecule has 0 amide bonds. The lowest BCUT2D eigenvalue weighted by Crippen LogP contribution is -2.46. The number of nitrogens with zero attached hydrogens (tertiary/aromatic N) is 5. The lowest BCUT2D eigenvalue weighted by atomic mass is 10.2. The molecule has 0 saturated carbocycles. The third-order valence-corrected chi connectivity index (χ3v) is 5.17. The van der Waals surface area contributed by atoms with Gasteiger partial charge in [0.1, 0.15) is 12.2 Å². The van der Waals surface area contributed by atoms with Crippen LogP contribution < -0.4 is 10.6 Å². The Morgan fingerprint density at radius 3 is 2.96 bits per heavy atom. The van der Waals surface area contributed by atoms with Crippen LogP contribution in [-0.2, 0) is 17.7 Å². The van der Waals surface area contributed by atoms with Crippen molar-refractivity contribution in [2.24, 2.45) is 10.9 Å². The third kappa shape index (κ3) is 8.36. The summed E-state index contributed by atoms with van der Waals surface area (Å²) >= 11 is 1.83. The molecular formula is C19H37N7OS. The predicted molar refractivity (Wildman–Crippen MR) is 117 cm³/mol. The van der Waals surface area contributed by atoms with E-state index in [0.29, 0.717) is 12.5 Å². The van der Waals surface area contributed by atoms with Crippen molar-refractivity contribution < 1.29 is 4.74 Å². The molecule has 0 bridgehead atoms. The Kier molecular flexibility index (Phi) is 10.7. The molecule has 160 valence electrons. The van der Waals surface area contributed by atoms with Gasteiger partial charge in [0.25, 0.3) is 0 Å². The van der Waals surface area contributed by atoms with Crippen LogP contribution in [0.25, 0.3) is 0 Å². The maximum atomic E-state index is 5.93. The smallest absolute Gasteiger partial charge is 0.191 e. The van der Waals surface area contributed by atoms with E-state index in [1.165, 1.54) is 0 Å². The number of ether oxygens (including phenoxy) is 1. The maximum absolute atomic E-state index is 5.93. The summed E-state index contributed by atoms with van der Waals surface area (Å²) in [7, 11) is 0. The van der Waals surface area contributed by atoms with Crippen LogP contribution in [0.4, 0.5) is 0 Å². The van der Waals surface area contributed by atoms with E-state index < -0.39 is 0 Å². The van der Waals surface area contributed by atoms with Gasteiger partial charge in [-0.25, -0.2) is 0 Å². The normalized spacial score (nSPS) is 18.6. The van der Waals surface area contributed by atoms with E-state index >= 15 is 0 Å². The van der Waals surface area contributed by atoms with Crippen molar-refractivity contribution >= 4 is 17.7 Å². The van der Waals surface area contributed by atoms with Crippen molar-refractivity contribution in [1.29, 1.82) is 0 Å². The Morgan fingerprint density at radius 1 is 1.39 bits per heavy atom. The second-order valence-corrected chi connectivity index (χ2v) is 8.46.